The molecule has 4 aliphatic rings. The van der Waals surface area contributed by atoms with Crippen LogP contribution in [0.2, 0.25) is 0 Å². The van der Waals surface area contributed by atoms with Crippen LogP contribution in [-0.4, -0.2) is 59.4 Å². The second-order valence-electron chi connectivity index (χ2n) is 10.1. The fourth-order valence-electron chi connectivity index (χ4n) is 6.44. The number of likely N-dealkylation sites (tertiary alicyclic amines) is 2. The number of nitrogens with zero attached hydrogens (tertiary/aromatic N) is 2. The lowest BCUT2D eigenvalue weighted by Crippen LogP contribution is -2.59. The van der Waals surface area contributed by atoms with Crippen molar-refractivity contribution < 1.29 is 9.59 Å². The number of amides is 2. The van der Waals surface area contributed by atoms with E-state index in [1.165, 1.54) is 83.7 Å². The highest BCUT2D eigenvalue weighted by Crippen LogP contribution is 2.35. The minimum Gasteiger partial charge on any atom is -0.352 e. The molecule has 1 atom stereocenters. The van der Waals surface area contributed by atoms with Gasteiger partial charge in [0, 0.05) is 24.5 Å². The van der Waals surface area contributed by atoms with Crippen LogP contribution in [0.5, 0.6) is 0 Å². The van der Waals surface area contributed by atoms with Gasteiger partial charge in [-0.25, -0.2) is 0 Å². The Morgan fingerprint density at radius 2 is 1.41 bits per heavy atom. The fraction of sp³-hybridized carbons (Fsp3) is 0.917. The van der Waals surface area contributed by atoms with Gasteiger partial charge < -0.3 is 10.2 Å². The van der Waals surface area contributed by atoms with Crippen molar-refractivity contribution in [2.45, 2.75) is 108 Å². The van der Waals surface area contributed by atoms with Crippen molar-refractivity contribution in [3.05, 3.63) is 0 Å². The zero-order valence-electron chi connectivity index (χ0n) is 18.3. The summed E-state index contributed by atoms with van der Waals surface area (Å²) < 4.78 is 0. The zero-order chi connectivity index (χ0) is 20.1. The number of piperidine rings is 1. The third kappa shape index (κ3) is 4.81. The van der Waals surface area contributed by atoms with E-state index in [4.69, 9.17) is 0 Å². The van der Waals surface area contributed by atoms with Crippen molar-refractivity contribution >= 4 is 11.8 Å². The van der Waals surface area contributed by atoms with Crippen LogP contribution in [0.15, 0.2) is 0 Å². The molecule has 0 aromatic carbocycles. The minimum absolute atomic E-state index is 0.105. The molecular formula is C24H41N3O2. The van der Waals surface area contributed by atoms with Gasteiger partial charge in [0.25, 0.3) is 0 Å². The topological polar surface area (TPSA) is 52.7 Å². The smallest absolute Gasteiger partial charge is 0.242 e. The molecule has 2 aliphatic heterocycles. The molecule has 2 heterocycles. The Bertz CT molecular complexity index is 560. The van der Waals surface area contributed by atoms with Gasteiger partial charge in [-0.3, -0.25) is 14.5 Å². The number of nitrogens with one attached hydrogen (secondary N) is 1. The molecule has 29 heavy (non-hydrogen) atoms. The van der Waals surface area contributed by atoms with Gasteiger partial charge in [-0.05, 0) is 64.5 Å². The Balaban J connectivity index is 1.37. The highest BCUT2D eigenvalue weighted by molar-refractivity contribution is 5.89. The molecule has 1 unspecified atom stereocenters. The van der Waals surface area contributed by atoms with Crippen LogP contribution in [0.4, 0.5) is 0 Å². The van der Waals surface area contributed by atoms with Gasteiger partial charge in [-0.2, -0.15) is 0 Å². The molecule has 2 amide bonds. The third-order valence-corrected chi connectivity index (χ3v) is 8.20. The van der Waals surface area contributed by atoms with Crippen molar-refractivity contribution in [2.75, 3.05) is 26.2 Å². The monoisotopic (exact) mass is 403 g/mol. The first kappa shape index (κ1) is 21.1. The van der Waals surface area contributed by atoms with E-state index < -0.39 is 0 Å². The van der Waals surface area contributed by atoms with E-state index in [-0.39, 0.29) is 29.3 Å². The van der Waals surface area contributed by atoms with Gasteiger partial charge in [0.05, 0.1) is 0 Å². The summed E-state index contributed by atoms with van der Waals surface area (Å²) in [5.41, 5.74) is 0.158. The average molecular weight is 404 g/mol. The second-order valence-corrected chi connectivity index (χ2v) is 10.1. The maximum atomic E-state index is 13.2. The van der Waals surface area contributed by atoms with E-state index >= 15 is 0 Å². The summed E-state index contributed by atoms with van der Waals surface area (Å²) in [7, 11) is 0. The fourth-order valence-corrected chi connectivity index (χ4v) is 6.44. The highest BCUT2D eigenvalue weighted by Gasteiger charge is 2.41. The number of rotatable bonds is 5. The molecular weight excluding hydrogens is 362 g/mol. The molecule has 0 spiro atoms. The van der Waals surface area contributed by atoms with E-state index in [2.05, 4.69) is 10.2 Å². The molecule has 5 nitrogen and oxygen atoms in total. The summed E-state index contributed by atoms with van der Waals surface area (Å²) in [5.74, 6) is 0.523. The molecule has 4 rings (SSSR count). The van der Waals surface area contributed by atoms with Crippen LogP contribution in [0.3, 0.4) is 0 Å². The Labute approximate surface area is 177 Å². The first-order valence-corrected chi connectivity index (χ1v) is 12.5. The Morgan fingerprint density at radius 3 is 2.14 bits per heavy atom. The van der Waals surface area contributed by atoms with Crippen LogP contribution < -0.4 is 5.32 Å². The first-order chi connectivity index (χ1) is 14.2. The lowest BCUT2D eigenvalue weighted by atomic mass is 9.79. The predicted octanol–water partition coefficient (Wildman–Crippen LogP) is 3.86. The summed E-state index contributed by atoms with van der Waals surface area (Å²) in [6.45, 7) is 3.91. The normalized spacial score (nSPS) is 29.0. The lowest BCUT2D eigenvalue weighted by molar-refractivity contribution is -0.142. The molecule has 4 fully saturated rings. The molecule has 0 aromatic rings. The standard InChI is InChI=1S/C24H41N3O2/c28-22(21-13-10-18-27(21)23(29)20-11-4-1-5-12-20)25-19-24(14-6-2-7-15-24)26-16-8-3-9-17-26/h20-21H,1-19H2,(H,25,28). The molecule has 0 bridgehead atoms. The highest BCUT2D eigenvalue weighted by atomic mass is 16.2. The van der Waals surface area contributed by atoms with E-state index in [1.807, 2.05) is 4.90 Å². The quantitative estimate of drug-likeness (QED) is 0.758. The van der Waals surface area contributed by atoms with Gasteiger partial charge in [0.1, 0.15) is 6.04 Å². The van der Waals surface area contributed by atoms with Crippen molar-refractivity contribution in [3.8, 4) is 0 Å². The summed E-state index contributed by atoms with van der Waals surface area (Å²) in [4.78, 5) is 30.9. The molecule has 2 aliphatic carbocycles. The zero-order valence-corrected chi connectivity index (χ0v) is 18.3. The van der Waals surface area contributed by atoms with E-state index in [9.17, 15) is 9.59 Å². The molecule has 5 heteroatoms. The van der Waals surface area contributed by atoms with Gasteiger partial charge >= 0.3 is 0 Å². The summed E-state index contributed by atoms with van der Waals surface area (Å²) in [6.07, 6.45) is 17.7. The van der Waals surface area contributed by atoms with Crippen LogP contribution >= 0.6 is 0 Å². The number of carbonyl (C=O) groups excluding carboxylic acids is 2. The van der Waals surface area contributed by atoms with Crippen LogP contribution in [0.25, 0.3) is 0 Å². The van der Waals surface area contributed by atoms with Crippen molar-refractivity contribution in [1.82, 2.24) is 15.1 Å². The van der Waals surface area contributed by atoms with Gasteiger partial charge in [-0.1, -0.05) is 44.9 Å². The molecule has 2 saturated heterocycles. The average Bonchev–Trinajstić information content (AvgIpc) is 3.29. The molecule has 164 valence electrons. The molecule has 1 N–H and O–H groups in total. The van der Waals surface area contributed by atoms with Gasteiger partial charge in [0.15, 0.2) is 0 Å². The van der Waals surface area contributed by atoms with Crippen LogP contribution in [0.1, 0.15) is 96.3 Å². The third-order valence-electron chi connectivity index (χ3n) is 8.20. The molecule has 0 aromatic heterocycles. The number of hydrogen-bond acceptors (Lipinski definition) is 3. The van der Waals surface area contributed by atoms with Crippen molar-refractivity contribution in [3.63, 3.8) is 0 Å². The summed E-state index contributed by atoms with van der Waals surface area (Å²) in [5, 5.41) is 3.35. The van der Waals surface area contributed by atoms with E-state index in [1.54, 1.807) is 0 Å². The maximum absolute atomic E-state index is 13.2. The Morgan fingerprint density at radius 1 is 0.759 bits per heavy atom. The Hall–Kier alpha value is -1.10. The van der Waals surface area contributed by atoms with Crippen LogP contribution in [-0.2, 0) is 9.59 Å². The minimum atomic E-state index is -0.230. The second kappa shape index (κ2) is 9.80. The van der Waals surface area contributed by atoms with Crippen molar-refractivity contribution in [2.24, 2.45) is 5.92 Å². The Kier molecular flexibility index (Phi) is 7.15. The van der Waals surface area contributed by atoms with E-state index in [0.29, 0.717) is 0 Å². The summed E-state index contributed by atoms with van der Waals surface area (Å²) >= 11 is 0. The molecule has 0 radical (unpaired) electrons. The predicted molar refractivity (Wildman–Crippen MR) is 116 cm³/mol. The largest absolute Gasteiger partial charge is 0.352 e. The van der Waals surface area contributed by atoms with E-state index in [0.717, 1.165) is 38.8 Å². The van der Waals surface area contributed by atoms with Gasteiger partial charge in [0.2, 0.25) is 11.8 Å². The van der Waals surface area contributed by atoms with Gasteiger partial charge in [-0.15, -0.1) is 0 Å². The lowest BCUT2D eigenvalue weighted by Gasteiger charge is -2.48. The summed E-state index contributed by atoms with van der Waals surface area (Å²) in [6, 6.07) is -0.230. The maximum Gasteiger partial charge on any atom is 0.242 e. The molecule has 2 saturated carbocycles. The number of hydrogen-bond donors (Lipinski definition) is 1. The SMILES string of the molecule is O=C(NCC1(N2CCCCC2)CCCCC1)C1CCCN1C(=O)C1CCCCC1. The number of carbonyl (C=O) groups is 2. The first-order valence-electron chi connectivity index (χ1n) is 12.5. The van der Waals surface area contributed by atoms with Crippen LogP contribution in [0, 0.1) is 5.92 Å². The van der Waals surface area contributed by atoms with Crippen molar-refractivity contribution in [1.29, 1.82) is 0 Å².